The normalized spacial score (nSPS) is 13.7. The Labute approximate surface area is 112 Å². The van der Waals surface area contributed by atoms with Crippen molar-refractivity contribution in [1.29, 1.82) is 0 Å². The molecule has 0 radical (unpaired) electrons. The van der Waals surface area contributed by atoms with Gasteiger partial charge in [-0.1, -0.05) is 68.1 Å². The zero-order valence-electron chi connectivity index (χ0n) is 11.9. The van der Waals surface area contributed by atoms with Crippen molar-refractivity contribution in [1.82, 2.24) is 0 Å². The molecule has 0 saturated carbocycles. The lowest BCUT2D eigenvalue weighted by Gasteiger charge is -2.25. The molecule has 0 aliphatic heterocycles. The van der Waals surface area contributed by atoms with E-state index < -0.39 is 0 Å². The maximum absolute atomic E-state index is 4.22. The molecule has 0 fully saturated rings. The van der Waals surface area contributed by atoms with Gasteiger partial charge in [0.1, 0.15) is 0 Å². The van der Waals surface area contributed by atoms with Gasteiger partial charge in [0.15, 0.2) is 0 Å². The third kappa shape index (κ3) is 3.73. The van der Waals surface area contributed by atoms with Crippen LogP contribution in [0.4, 0.5) is 0 Å². The summed E-state index contributed by atoms with van der Waals surface area (Å²) >= 11 is 0. The monoisotopic (exact) mass is 240 g/mol. The Morgan fingerprint density at radius 1 is 1.00 bits per heavy atom. The number of benzene rings is 1. The fourth-order valence-corrected chi connectivity index (χ4v) is 2.18. The van der Waals surface area contributed by atoms with E-state index in [1.165, 1.54) is 22.3 Å². The molecule has 0 heteroatoms. The molecule has 0 aliphatic carbocycles. The third-order valence-corrected chi connectivity index (χ3v) is 3.66. The highest BCUT2D eigenvalue weighted by molar-refractivity contribution is 5.63. The predicted octanol–water partition coefficient (Wildman–Crippen LogP) is 5.49. The predicted molar refractivity (Wildman–Crippen MR) is 82.4 cm³/mol. The number of hydrogen-bond acceptors (Lipinski definition) is 0. The summed E-state index contributed by atoms with van der Waals surface area (Å²) in [5.74, 6) is 0.873. The topological polar surface area (TPSA) is 0 Å². The van der Waals surface area contributed by atoms with Crippen LogP contribution < -0.4 is 0 Å². The van der Waals surface area contributed by atoms with E-state index in [4.69, 9.17) is 0 Å². The average molecular weight is 240 g/mol. The fraction of sp³-hybridized carbons (Fsp3) is 0.333. The molecule has 0 aliphatic rings. The van der Waals surface area contributed by atoms with Crippen molar-refractivity contribution in [3.8, 4) is 0 Å². The third-order valence-electron chi connectivity index (χ3n) is 3.66. The first-order valence-electron chi connectivity index (χ1n) is 6.47. The van der Waals surface area contributed by atoms with E-state index >= 15 is 0 Å². The quantitative estimate of drug-likeness (QED) is 0.576. The van der Waals surface area contributed by atoms with E-state index in [2.05, 4.69) is 64.8 Å². The molecule has 2 atom stereocenters. The molecule has 0 amide bonds. The molecular weight excluding hydrogens is 216 g/mol. The molecule has 0 aromatic heterocycles. The molecule has 0 saturated heterocycles. The average Bonchev–Trinajstić information content (AvgIpc) is 2.35. The van der Waals surface area contributed by atoms with Gasteiger partial charge in [0, 0.05) is 0 Å². The van der Waals surface area contributed by atoms with Gasteiger partial charge in [0.05, 0.1) is 0 Å². The summed E-state index contributed by atoms with van der Waals surface area (Å²) < 4.78 is 0. The molecule has 0 bridgehead atoms. The zero-order valence-corrected chi connectivity index (χ0v) is 11.9. The van der Waals surface area contributed by atoms with Crippen LogP contribution in [0.1, 0.15) is 32.8 Å². The van der Waals surface area contributed by atoms with Gasteiger partial charge in [-0.15, -0.1) is 0 Å². The first-order valence-corrected chi connectivity index (χ1v) is 6.47. The smallest absolute Gasteiger partial charge is 0.0105 e. The molecule has 2 unspecified atom stereocenters. The van der Waals surface area contributed by atoms with Crippen molar-refractivity contribution in [3.05, 3.63) is 66.8 Å². The number of allylic oxidation sites excluding steroid dienone is 3. The van der Waals surface area contributed by atoms with Gasteiger partial charge in [-0.2, -0.15) is 0 Å². The SMILES string of the molecule is C=C(CC(C(=C)C)C(C)C(=C)C)c1ccccc1. The van der Waals surface area contributed by atoms with Gasteiger partial charge in [-0.25, -0.2) is 0 Å². The summed E-state index contributed by atoms with van der Waals surface area (Å²) in [5, 5.41) is 0. The van der Waals surface area contributed by atoms with Gasteiger partial charge in [-0.3, -0.25) is 0 Å². The minimum absolute atomic E-state index is 0.426. The lowest BCUT2D eigenvalue weighted by molar-refractivity contribution is 0.476. The Balaban J connectivity index is 2.83. The number of rotatable bonds is 6. The molecule has 18 heavy (non-hydrogen) atoms. The van der Waals surface area contributed by atoms with Crippen LogP contribution in [0.25, 0.3) is 5.57 Å². The minimum Gasteiger partial charge on any atom is -0.0998 e. The second-order valence-electron chi connectivity index (χ2n) is 5.26. The maximum Gasteiger partial charge on any atom is -0.0105 e. The summed E-state index contributed by atoms with van der Waals surface area (Å²) in [6.07, 6.45) is 0.952. The second-order valence-corrected chi connectivity index (χ2v) is 5.26. The Bertz CT molecular complexity index is 436. The van der Waals surface area contributed by atoms with Crippen LogP contribution in [-0.2, 0) is 0 Å². The molecule has 1 aromatic rings. The van der Waals surface area contributed by atoms with Gasteiger partial charge < -0.3 is 0 Å². The van der Waals surface area contributed by atoms with Crippen LogP contribution >= 0.6 is 0 Å². The van der Waals surface area contributed by atoms with Crippen LogP contribution in [-0.4, -0.2) is 0 Å². The van der Waals surface area contributed by atoms with Gasteiger partial charge in [-0.05, 0) is 43.2 Å². The fourth-order valence-electron chi connectivity index (χ4n) is 2.18. The van der Waals surface area contributed by atoms with E-state index in [0.717, 1.165) is 6.42 Å². The highest BCUT2D eigenvalue weighted by atomic mass is 14.2. The Morgan fingerprint density at radius 2 is 1.56 bits per heavy atom. The molecule has 0 nitrogen and oxygen atoms in total. The highest BCUT2D eigenvalue weighted by Crippen LogP contribution is 2.33. The van der Waals surface area contributed by atoms with E-state index in [1.54, 1.807) is 0 Å². The van der Waals surface area contributed by atoms with Crippen molar-refractivity contribution in [3.63, 3.8) is 0 Å². The largest absolute Gasteiger partial charge is 0.0998 e. The summed E-state index contributed by atoms with van der Waals surface area (Å²) in [7, 11) is 0. The standard InChI is InChI=1S/C18H24/c1-13(2)16(6)18(14(3)4)12-15(5)17-10-8-7-9-11-17/h7-11,16,18H,1,3,5,12H2,2,4,6H3. The van der Waals surface area contributed by atoms with Gasteiger partial charge in [0.2, 0.25) is 0 Å². The zero-order chi connectivity index (χ0) is 13.7. The lowest BCUT2D eigenvalue weighted by Crippen LogP contribution is -2.14. The van der Waals surface area contributed by atoms with Gasteiger partial charge >= 0.3 is 0 Å². The molecular formula is C18H24. The van der Waals surface area contributed by atoms with Crippen molar-refractivity contribution >= 4 is 5.57 Å². The Morgan fingerprint density at radius 3 is 2.00 bits per heavy atom. The summed E-state index contributed by atoms with van der Waals surface area (Å²) in [6.45, 7) is 18.8. The van der Waals surface area contributed by atoms with Crippen molar-refractivity contribution < 1.29 is 0 Å². The van der Waals surface area contributed by atoms with Crippen LogP contribution in [0, 0.1) is 11.8 Å². The van der Waals surface area contributed by atoms with Crippen LogP contribution in [0.3, 0.4) is 0 Å². The molecule has 1 aromatic carbocycles. The maximum atomic E-state index is 4.22. The van der Waals surface area contributed by atoms with Crippen LogP contribution in [0.5, 0.6) is 0 Å². The first-order chi connectivity index (χ1) is 8.43. The lowest BCUT2D eigenvalue weighted by atomic mass is 9.79. The Kier molecular flexibility index (Phi) is 5.15. The van der Waals surface area contributed by atoms with Crippen molar-refractivity contribution in [2.24, 2.45) is 11.8 Å². The van der Waals surface area contributed by atoms with E-state index in [-0.39, 0.29) is 0 Å². The minimum atomic E-state index is 0.426. The first kappa shape index (κ1) is 14.5. The van der Waals surface area contributed by atoms with E-state index in [1.807, 2.05) is 6.07 Å². The van der Waals surface area contributed by atoms with Crippen molar-refractivity contribution in [2.45, 2.75) is 27.2 Å². The Hall–Kier alpha value is -1.56. The van der Waals surface area contributed by atoms with Crippen molar-refractivity contribution in [2.75, 3.05) is 0 Å². The second kappa shape index (κ2) is 6.39. The molecule has 0 N–H and O–H groups in total. The highest BCUT2D eigenvalue weighted by Gasteiger charge is 2.19. The molecule has 1 rings (SSSR count). The van der Waals surface area contributed by atoms with Crippen LogP contribution in [0.15, 0.2) is 61.2 Å². The summed E-state index contributed by atoms with van der Waals surface area (Å²) in [5.41, 5.74) is 4.82. The molecule has 0 spiro atoms. The number of hydrogen-bond donors (Lipinski definition) is 0. The molecule has 0 heterocycles. The molecule has 96 valence electrons. The van der Waals surface area contributed by atoms with E-state index in [0.29, 0.717) is 11.8 Å². The van der Waals surface area contributed by atoms with Crippen LogP contribution in [0.2, 0.25) is 0 Å². The van der Waals surface area contributed by atoms with Gasteiger partial charge in [0.25, 0.3) is 0 Å². The van der Waals surface area contributed by atoms with E-state index in [9.17, 15) is 0 Å². The summed E-state index contributed by atoms with van der Waals surface area (Å²) in [6, 6.07) is 10.4. The summed E-state index contributed by atoms with van der Waals surface area (Å²) in [4.78, 5) is 0.